The van der Waals surface area contributed by atoms with Crippen LogP contribution in [0.1, 0.15) is 21.5 Å². The van der Waals surface area contributed by atoms with E-state index in [2.05, 4.69) is 45.7 Å². The molecule has 1 aromatic heterocycles. The number of carbonyl (C=O) groups is 1. The molecule has 0 radical (unpaired) electrons. The summed E-state index contributed by atoms with van der Waals surface area (Å²) in [4.78, 5) is 21.0. The number of esters is 1. The summed E-state index contributed by atoms with van der Waals surface area (Å²) in [5, 5.41) is 6.60. The van der Waals surface area contributed by atoms with E-state index in [4.69, 9.17) is 21.1 Å². The first kappa shape index (κ1) is 21.1. The summed E-state index contributed by atoms with van der Waals surface area (Å²) in [6.45, 7) is 4.15. The molecule has 2 aromatic carbocycles. The number of ether oxygens (including phenoxy) is 2. The van der Waals surface area contributed by atoms with E-state index in [0.717, 1.165) is 29.8 Å². The lowest BCUT2D eigenvalue weighted by atomic mass is 10.0. The molecule has 0 unspecified atom stereocenters. The van der Waals surface area contributed by atoms with E-state index in [9.17, 15) is 4.79 Å². The smallest absolute Gasteiger partial charge is 0.339 e. The Balaban J connectivity index is 1.56. The van der Waals surface area contributed by atoms with Gasteiger partial charge in [-0.2, -0.15) is 0 Å². The lowest BCUT2D eigenvalue weighted by Gasteiger charge is -2.28. The highest BCUT2D eigenvalue weighted by Crippen LogP contribution is 2.35. The predicted octanol–water partition coefficient (Wildman–Crippen LogP) is 3.85. The van der Waals surface area contributed by atoms with Crippen LogP contribution in [0.2, 0.25) is 5.02 Å². The number of nitrogens with zero attached hydrogens (tertiary/aromatic N) is 2. The number of halogens is 1. The van der Waals surface area contributed by atoms with Gasteiger partial charge < -0.3 is 20.1 Å². The third-order valence-electron chi connectivity index (χ3n) is 5.00. The molecule has 0 aliphatic carbocycles. The van der Waals surface area contributed by atoms with E-state index in [1.165, 1.54) is 12.7 Å². The van der Waals surface area contributed by atoms with Crippen LogP contribution in [0.5, 0.6) is 5.75 Å². The third-order valence-corrected chi connectivity index (χ3v) is 5.39. The standard InChI is InChI=1S/C23H23ClN4O3/c1-14-4-3-5-15(6-14)9-26-23-27-10-17(11-28-23)16-7-19(22(29)30-2)21(24)20(8-16)31-18-12-25-13-18/h3-8,10-11,18,25H,9,12-13H2,1-2H3,(H,26,27,28). The number of aryl methyl sites for hydroxylation is 1. The lowest BCUT2D eigenvalue weighted by molar-refractivity contribution is 0.0599. The van der Waals surface area contributed by atoms with E-state index in [-0.39, 0.29) is 16.7 Å². The fourth-order valence-electron chi connectivity index (χ4n) is 3.21. The topological polar surface area (TPSA) is 85.4 Å². The van der Waals surface area contributed by atoms with Crippen LogP contribution in [-0.2, 0) is 11.3 Å². The van der Waals surface area contributed by atoms with E-state index in [1.54, 1.807) is 24.5 Å². The molecule has 1 saturated heterocycles. The van der Waals surface area contributed by atoms with E-state index in [0.29, 0.717) is 18.2 Å². The van der Waals surface area contributed by atoms with E-state index >= 15 is 0 Å². The molecule has 1 aliphatic rings. The van der Waals surface area contributed by atoms with E-state index in [1.807, 2.05) is 6.07 Å². The molecular weight excluding hydrogens is 416 g/mol. The molecule has 1 fully saturated rings. The molecule has 8 heteroatoms. The molecule has 4 rings (SSSR count). The number of benzene rings is 2. The number of hydrogen-bond donors (Lipinski definition) is 2. The SMILES string of the molecule is COC(=O)c1cc(-c2cnc(NCc3cccc(C)c3)nc2)cc(OC2CNC2)c1Cl. The predicted molar refractivity (Wildman–Crippen MR) is 120 cm³/mol. The Morgan fingerprint density at radius 2 is 1.97 bits per heavy atom. The van der Waals surface area contributed by atoms with Gasteiger partial charge in [0.05, 0.1) is 17.7 Å². The Morgan fingerprint density at radius 1 is 1.19 bits per heavy atom. The van der Waals surface area contributed by atoms with Crippen LogP contribution >= 0.6 is 11.6 Å². The molecule has 0 amide bonds. The van der Waals surface area contributed by atoms with Gasteiger partial charge in [0.25, 0.3) is 0 Å². The maximum atomic E-state index is 12.2. The molecule has 31 heavy (non-hydrogen) atoms. The highest BCUT2D eigenvalue weighted by molar-refractivity contribution is 6.35. The van der Waals surface area contributed by atoms with Gasteiger partial charge in [0.2, 0.25) is 5.95 Å². The molecule has 160 valence electrons. The van der Waals surface area contributed by atoms with Gasteiger partial charge in [-0.05, 0) is 30.2 Å². The zero-order valence-corrected chi connectivity index (χ0v) is 18.1. The van der Waals surface area contributed by atoms with Crippen LogP contribution in [-0.4, -0.2) is 42.2 Å². The zero-order valence-electron chi connectivity index (χ0n) is 17.3. The first-order valence-corrected chi connectivity index (χ1v) is 10.3. The Hall–Kier alpha value is -3.16. The minimum Gasteiger partial charge on any atom is -0.486 e. The summed E-state index contributed by atoms with van der Waals surface area (Å²) in [6.07, 6.45) is 3.41. The summed E-state index contributed by atoms with van der Waals surface area (Å²) in [6, 6.07) is 11.7. The number of carbonyl (C=O) groups excluding carboxylic acids is 1. The van der Waals surface area contributed by atoms with Crippen molar-refractivity contribution in [2.75, 3.05) is 25.5 Å². The number of rotatable bonds is 7. The number of nitrogens with one attached hydrogen (secondary N) is 2. The number of methoxy groups -OCH3 is 1. The molecule has 2 heterocycles. The van der Waals surface area contributed by atoms with Gasteiger partial charge >= 0.3 is 5.97 Å². The number of hydrogen-bond acceptors (Lipinski definition) is 7. The van der Waals surface area contributed by atoms with Crippen molar-refractivity contribution in [2.45, 2.75) is 19.6 Å². The van der Waals surface area contributed by atoms with Crippen molar-refractivity contribution in [1.29, 1.82) is 0 Å². The third kappa shape index (κ3) is 4.95. The number of anilines is 1. The maximum Gasteiger partial charge on any atom is 0.339 e. The Bertz CT molecular complexity index is 1080. The summed E-state index contributed by atoms with van der Waals surface area (Å²) in [7, 11) is 1.32. The molecular formula is C23H23ClN4O3. The minimum absolute atomic E-state index is 0.0164. The largest absolute Gasteiger partial charge is 0.486 e. The van der Waals surface area contributed by atoms with Crippen LogP contribution < -0.4 is 15.4 Å². The van der Waals surface area contributed by atoms with Crippen molar-refractivity contribution in [3.05, 3.63) is 70.5 Å². The molecule has 7 nitrogen and oxygen atoms in total. The fourth-order valence-corrected chi connectivity index (χ4v) is 3.44. The fraction of sp³-hybridized carbons (Fsp3) is 0.261. The van der Waals surface area contributed by atoms with Crippen LogP contribution in [0.4, 0.5) is 5.95 Å². The quantitative estimate of drug-likeness (QED) is 0.542. The molecule has 0 saturated carbocycles. The van der Waals surface area contributed by atoms with Crippen molar-refractivity contribution in [2.24, 2.45) is 0 Å². The summed E-state index contributed by atoms with van der Waals surface area (Å²) >= 11 is 6.42. The van der Waals surface area contributed by atoms with Crippen molar-refractivity contribution in [3.8, 4) is 16.9 Å². The van der Waals surface area contributed by atoms with Crippen molar-refractivity contribution < 1.29 is 14.3 Å². The molecule has 2 N–H and O–H groups in total. The molecule has 3 aromatic rings. The molecule has 0 atom stereocenters. The Morgan fingerprint density at radius 3 is 2.61 bits per heavy atom. The maximum absolute atomic E-state index is 12.2. The highest BCUT2D eigenvalue weighted by Gasteiger charge is 2.23. The first-order chi connectivity index (χ1) is 15.0. The van der Waals surface area contributed by atoms with Crippen molar-refractivity contribution in [1.82, 2.24) is 15.3 Å². The van der Waals surface area contributed by atoms with Crippen LogP contribution in [0.3, 0.4) is 0 Å². The van der Waals surface area contributed by atoms with Crippen LogP contribution in [0, 0.1) is 6.92 Å². The zero-order chi connectivity index (χ0) is 21.8. The van der Waals surface area contributed by atoms with Crippen molar-refractivity contribution >= 4 is 23.5 Å². The second kappa shape index (κ2) is 9.32. The second-order valence-electron chi connectivity index (χ2n) is 7.36. The normalized spacial score (nSPS) is 13.4. The molecule has 0 spiro atoms. The van der Waals surface area contributed by atoms with Gasteiger partial charge in [0.1, 0.15) is 11.9 Å². The van der Waals surface area contributed by atoms with Gasteiger partial charge in [0.15, 0.2) is 0 Å². The molecule has 0 bridgehead atoms. The van der Waals surface area contributed by atoms with Gasteiger partial charge in [-0.25, -0.2) is 14.8 Å². The Labute approximate surface area is 185 Å². The van der Waals surface area contributed by atoms with Gasteiger partial charge in [0, 0.05) is 37.6 Å². The van der Waals surface area contributed by atoms with Gasteiger partial charge in [-0.3, -0.25) is 0 Å². The highest BCUT2D eigenvalue weighted by atomic mass is 35.5. The Kier molecular flexibility index (Phi) is 6.34. The van der Waals surface area contributed by atoms with Crippen LogP contribution in [0.15, 0.2) is 48.8 Å². The summed E-state index contributed by atoms with van der Waals surface area (Å²) in [5.74, 6) is 0.429. The van der Waals surface area contributed by atoms with Crippen LogP contribution in [0.25, 0.3) is 11.1 Å². The van der Waals surface area contributed by atoms with Crippen molar-refractivity contribution in [3.63, 3.8) is 0 Å². The lowest BCUT2D eigenvalue weighted by Crippen LogP contribution is -2.50. The van der Waals surface area contributed by atoms with Gasteiger partial charge in [-0.15, -0.1) is 0 Å². The molecule has 1 aliphatic heterocycles. The van der Waals surface area contributed by atoms with Gasteiger partial charge in [-0.1, -0.05) is 41.4 Å². The summed E-state index contributed by atoms with van der Waals surface area (Å²) in [5.41, 5.74) is 4.05. The summed E-state index contributed by atoms with van der Waals surface area (Å²) < 4.78 is 10.8. The second-order valence-corrected chi connectivity index (χ2v) is 7.74. The average Bonchev–Trinajstić information content (AvgIpc) is 2.75. The average molecular weight is 439 g/mol. The van der Waals surface area contributed by atoms with E-state index < -0.39 is 5.97 Å². The monoisotopic (exact) mass is 438 g/mol. The minimum atomic E-state index is -0.527. The number of aromatic nitrogens is 2. The first-order valence-electron chi connectivity index (χ1n) is 9.94.